The van der Waals surface area contributed by atoms with Crippen LogP contribution in [0.5, 0.6) is 0 Å². The van der Waals surface area contributed by atoms with Crippen molar-refractivity contribution in [2.45, 2.75) is 62.8 Å². The van der Waals surface area contributed by atoms with Crippen molar-refractivity contribution in [3.05, 3.63) is 59.7 Å². The fourth-order valence-corrected chi connectivity index (χ4v) is 6.53. The molecule has 0 bridgehead atoms. The molecule has 0 saturated heterocycles. The minimum absolute atomic E-state index is 0.0453. The highest BCUT2D eigenvalue weighted by atomic mass is 16.5. The molecule has 0 amide bonds. The first kappa shape index (κ1) is 22.1. The Morgan fingerprint density at radius 2 is 1.52 bits per heavy atom. The molecule has 0 spiro atoms. The molecule has 2 aromatic carbocycles. The number of aliphatic carboxylic acids is 1. The summed E-state index contributed by atoms with van der Waals surface area (Å²) in [5, 5.41) is 9.92. The smallest absolute Gasteiger partial charge is 0.324 e. The average molecular weight is 448 g/mol. The molecule has 0 heterocycles. The van der Waals surface area contributed by atoms with Gasteiger partial charge in [0.05, 0.1) is 5.92 Å². The van der Waals surface area contributed by atoms with Gasteiger partial charge in [0.1, 0.15) is 12.1 Å². The van der Waals surface area contributed by atoms with E-state index in [0.717, 1.165) is 17.5 Å². The minimum Gasteiger partial charge on any atom is -0.480 e. The number of rotatable bonds is 5. The lowest BCUT2D eigenvalue weighted by atomic mass is 9.64. The Bertz CT molecular complexity index is 998. The van der Waals surface area contributed by atoms with E-state index in [4.69, 9.17) is 10.5 Å². The highest BCUT2D eigenvalue weighted by Gasteiger charge is 2.52. The fourth-order valence-electron chi connectivity index (χ4n) is 6.53. The third-order valence-electron chi connectivity index (χ3n) is 8.44. The Morgan fingerprint density at radius 1 is 0.909 bits per heavy atom. The molecule has 3 aliphatic rings. The number of carbonyl (C=O) groups excluding carboxylic acids is 1. The number of carbonyl (C=O) groups is 2. The Hall–Kier alpha value is -2.66. The summed E-state index contributed by atoms with van der Waals surface area (Å²) < 4.78 is 5.88. The van der Waals surface area contributed by atoms with E-state index in [-0.39, 0.29) is 12.5 Å². The van der Waals surface area contributed by atoms with E-state index in [1.54, 1.807) is 0 Å². The molecule has 2 fully saturated rings. The maximum absolute atomic E-state index is 13.4. The van der Waals surface area contributed by atoms with E-state index in [9.17, 15) is 14.7 Å². The summed E-state index contributed by atoms with van der Waals surface area (Å²) in [6, 6.07) is 16.4. The van der Waals surface area contributed by atoms with Gasteiger partial charge in [-0.15, -0.1) is 0 Å². The second-order valence-corrected chi connectivity index (χ2v) is 10.2. The molecule has 5 heteroatoms. The van der Waals surface area contributed by atoms with E-state index < -0.39 is 23.4 Å². The van der Waals surface area contributed by atoms with Crippen LogP contribution < -0.4 is 5.73 Å². The van der Waals surface area contributed by atoms with Crippen LogP contribution in [-0.4, -0.2) is 29.2 Å². The first-order valence-electron chi connectivity index (χ1n) is 12.4. The first-order chi connectivity index (χ1) is 16.0. The molecule has 3 unspecified atom stereocenters. The quantitative estimate of drug-likeness (QED) is 0.621. The second-order valence-electron chi connectivity index (χ2n) is 10.2. The topological polar surface area (TPSA) is 89.6 Å². The van der Waals surface area contributed by atoms with Crippen molar-refractivity contribution in [2.75, 3.05) is 6.61 Å². The molecule has 33 heavy (non-hydrogen) atoms. The molecule has 3 atom stereocenters. The Balaban J connectivity index is 1.34. The largest absolute Gasteiger partial charge is 0.480 e. The van der Waals surface area contributed by atoms with E-state index in [1.807, 2.05) is 24.3 Å². The zero-order chi connectivity index (χ0) is 23.0. The van der Waals surface area contributed by atoms with Crippen LogP contribution in [0.2, 0.25) is 0 Å². The summed E-state index contributed by atoms with van der Waals surface area (Å²) in [4.78, 5) is 25.5. The van der Waals surface area contributed by atoms with Crippen molar-refractivity contribution in [2.24, 2.45) is 23.5 Å². The van der Waals surface area contributed by atoms with Crippen molar-refractivity contribution in [1.82, 2.24) is 0 Å². The monoisotopic (exact) mass is 447 g/mol. The summed E-state index contributed by atoms with van der Waals surface area (Å²) >= 11 is 0. The lowest BCUT2D eigenvalue weighted by molar-refractivity contribution is -0.163. The van der Waals surface area contributed by atoms with Crippen molar-refractivity contribution >= 4 is 11.9 Å². The molecule has 0 radical (unpaired) electrons. The Labute approximate surface area is 195 Å². The van der Waals surface area contributed by atoms with E-state index >= 15 is 0 Å². The first-order valence-corrected chi connectivity index (χ1v) is 12.4. The Morgan fingerprint density at radius 3 is 2.12 bits per heavy atom. The molecule has 3 N–H and O–H groups in total. The third kappa shape index (κ3) is 3.97. The number of carboxylic acids is 1. The van der Waals surface area contributed by atoms with Crippen LogP contribution in [0.25, 0.3) is 11.1 Å². The summed E-state index contributed by atoms with van der Waals surface area (Å²) in [7, 11) is 0. The van der Waals surface area contributed by atoms with E-state index in [0.29, 0.717) is 24.7 Å². The van der Waals surface area contributed by atoms with E-state index in [1.165, 1.54) is 43.2 Å². The summed E-state index contributed by atoms with van der Waals surface area (Å²) in [6.45, 7) is 0.202. The predicted molar refractivity (Wildman–Crippen MR) is 127 cm³/mol. The third-order valence-corrected chi connectivity index (χ3v) is 8.44. The summed E-state index contributed by atoms with van der Waals surface area (Å²) in [5.41, 5.74) is 9.46. The molecular formula is C28H33NO4. The van der Waals surface area contributed by atoms with Crippen molar-refractivity contribution < 1.29 is 19.4 Å². The van der Waals surface area contributed by atoms with Crippen LogP contribution in [0.3, 0.4) is 0 Å². The van der Waals surface area contributed by atoms with Gasteiger partial charge in [-0.2, -0.15) is 0 Å². The number of nitrogens with two attached hydrogens (primary N) is 1. The second kappa shape index (κ2) is 8.94. The molecular weight excluding hydrogens is 414 g/mol. The summed E-state index contributed by atoms with van der Waals surface area (Å²) in [6.07, 6.45) is 7.70. The van der Waals surface area contributed by atoms with Crippen LogP contribution in [0, 0.1) is 17.8 Å². The number of fused-ring (bicyclic) bond motifs is 3. The number of esters is 1. The number of hydrogen-bond donors (Lipinski definition) is 2. The highest BCUT2D eigenvalue weighted by molar-refractivity contribution is 5.88. The average Bonchev–Trinajstić information content (AvgIpc) is 3.17. The Kier molecular flexibility index (Phi) is 6.00. The van der Waals surface area contributed by atoms with Gasteiger partial charge in [0, 0.05) is 5.92 Å². The van der Waals surface area contributed by atoms with Gasteiger partial charge < -0.3 is 15.6 Å². The highest BCUT2D eigenvalue weighted by Crippen LogP contribution is 2.46. The maximum Gasteiger partial charge on any atom is 0.324 e. The molecule has 5 nitrogen and oxygen atoms in total. The maximum atomic E-state index is 13.4. The van der Waals surface area contributed by atoms with Crippen LogP contribution in [-0.2, 0) is 14.3 Å². The van der Waals surface area contributed by atoms with Gasteiger partial charge in [0.25, 0.3) is 0 Å². The number of carboxylic acid groups (broad SMARTS) is 1. The van der Waals surface area contributed by atoms with Gasteiger partial charge in [0.15, 0.2) is 0 Å². The standard InChI is InChI=1S/C28H33NO4/c29-28(27(31)32)15-14-19(18-8-2-1-3-9-18)16-25(28)26(30)33-17-24-22-12-6-4-10-20(22)21-11-5-7-13-23(21)24/h4-7,10-13,18-19,24-25H,1-3,8-9,14-17,29H2,(H,31,32). The van der Waals surface area contributed by atoms with Crippen molar-refractivity contribution in [1.29, 1.82) is 0 Å². The van der Waals surface area contributed by atoms with Crippen LogP contribution in [0.4, 0.5) is 0 Å². The normalized spacial score (nSPS) is 27.5. The lowest BCUT2D eigenvalue weighted by Gasteiger charge is -2.43. The molecule has 5 rings (SSSR count). The molecule has 2 saturated carbocycles. The van der Waals surface area contributed by atoms with Gasteiger partial charge in [-0.25, -0.2) is 0 Å². The number of hydrogen-bond acceptors (Lipinski definition) is 4. The SMILES string of the molecule is NC1(C(=O)O)CCC(C2CCCCC2)CC1C(=O)OCC1c2ccccc2-c2ccccc21. The predicted octanol–water partition coefficient (Wildman–Crippen LogP) is 5.12. The van der Waals surface area contributed by atoms with Gasteiger partial charge >= 0.3 is 11.9 Å². The van der Waals surface area contributed by atoms with Gasteiger partial charge in [-0.3, -0.25) is 9.59 Å². The zero-order valence-corrected chi connectivity index (χ0v) is 19.0. The van der Waals surface area contributed by atoms with E-state index in [2.05, 4.69) is 24.3 Å². The van der Waals surface area contributed by atoms with Crippen LogP contribution in [0.1, 0.15) is 68.4 Å². The lowest BCUT2D eigenvalue weighted by Crippen LogP contribution is -2.60. The molecule has 0 aliphatic heterocycles. The molecule has 174 valence electrons. The molecule has 3 aliphatic carbocycles. The number of benzene rings is 2. The summed E-state index contributed by atoms with van der Waals surface area (Å²) in [5.74, 6) is -1.48. The van der Waals surface area contributed by atoms with Crippen LogP contribution in [0.15, 0.2) is 48.5 Å². The molecule has 0 aromatic heterocycles. The van der Waals surface area contributed by atoms with Crippen LogP contribution >= 0.6 is 0 Å². The minimum atomic E-state index is -1.55. The van der Waals surface area contributed by atoms with Crippen molar-refractivity contribution in [3.8, 4) is 11.1 Å². The zero-order valence-electron chi connectivity index (χ0n) is 19.0. The van der Waals surface area contributed by atoms with Gasteiger partial charge in [-0.1, -0.05) is 80.6 Å². The van der Waals surface area contributed by atoms with Crippen molar-refractivity contribution in [3.63, 3.8) is 0 Å². The number of ether oxygens (including phenoxy) is 1. The molecule has 2 aromatic rings. The fraction of sp³-hybridized carbons (Fsp3) is 0.500. The van der Waals surface area contributed by atoms with Gasteiger partial charge in [0.2, 0.25) is 0 Å². The van der Waals surface area contributed by atoms with Gasteiger partial charge in [-0.05, 0) is 53.4 Å².